The van der Waals surface area contributed by atoms with E-state index >= 15 is 0 Å². The second-order valence-electron chi connectivity index (χ2n) is 4.77. The van der Waals surface area contributed by atoms with Gasteiger partial charge in [0.1, 0.15) is 8.07 Å². The molecule has 1 aromatic carbocycles. The average molecular weight is 232 g/mol. The van der Waals surface area contributed by atoms with Gasteiger partial charge >= 0.3 is 5.97 Å². The summed E-state index contributed by atoms with van der Waals surface area (Å²) in [4.78, 5) is 10.6. The highest BCUT2D eigenvalue weighted by atomic mass is 28.3. The first-order valence-electron chi connectivity index (χ1n) is 5.21. The lowest BCUT2D eigenvalue weighted by atomic mass is 10.1. The van der Waals surface area contributed by atoms with Gasteiger partial charge in [0.25, 0.3) is 0 Å². The molecule has 0 saturated carbocycles. The van der Waals surface area contributed by atoms with Crippen LogP contribution in [0.5, 0.6) is 0 Å². The maximum Gasteiger partial charge on any atom is 0.307 e. The number of carboxylic acids is 1. The first-order valence-corrected chi connectivity index (χ1v) is 8.71. The molecule has 1 rings (SSSR count). The SMILES string of the molecule is C[Si](C)(C)C#Cc1cccc(CC(=O)O)c1. The van der Waals surface area contributed by atoms with Crippen LogP contribution in [0.4, 0.5) is 0 Å². The highest BCUT2D eigenvalue weighted by molar-refractivity contribution is 6.83. The Morgan fingerprint density at radius 3 is 2.62 bits per heavy atom. The van der Waals surface area contributed by atoms with E-state index in [-0.39, 0.29) is 6.42 Å². The quantitative estimate of drug-likeness (QED) is 0.628. The lowest BCUT2D eigenvalue weighted by Gasteiger charge is -2.03. The molecular weight excluding hydrogens is 216 g/mol. The van der Waals surface area contributed by atoms with Crippen molar-refractivity contribution in [2.75, 3.05) is 0 Å². The molecule has 2 nitrogen and oxygen atoms in total. The number of carbonyl (C=O) groups is 1. The Kier molecular flexibility index (Phi) is 3.91. The third kappa shape index (κ3) is 4.81. The van der Waals surface area contributed by atoms with E-state index in [2.05, 4.69) is 31.1 Å². The highest BCUT2D eigenvalue weighted by Gasteiger charge is 2.07. The van der Waals surface area contributed by atoms with Crippen LogP contribution in [-0.4, -0.2) is 19.1 Å². The summed E-state index contributed by atoms with van der Waals surface area (Å²) in [6.07, 6.45) is 0.0580. The smallest absolute Gasteiger partial charge is 0.307 e. The van der Waals surface area contributed by atoms with Crippen LogP contribution in [0.1, 0.15) is 11.1 Å². The van der Waals surface area contributed by atoms with Gasteiger partial charge in [-0.05, 0) is 17.7 Å². The summed E-state index contributed by atoms with van der Waals surface area (Å²) in [5.41, 5.74) is 4.96. The Hall–Kier alpha value is -1.53. The highest BCUT2D eigenvalue weighted by Crippen LogP contribution is 2.06. The predicted octanol–water partition coefficient (Wildman–Crippen LogP) is 2.54. The van der Waals surface area contributed by atoms with Crippen molar-refractivity contribution in [1.82, 2.24) is 0 Å². The zero-order chi connectivity index (χ0) is 12.2. The number of benzene rings is 1. The maximum atomic E-state index is 10.6. The molecule has 84 valence electrons. The van der Waals surface area contributed by atoms with E-state index in [4.69, 9.17) is 5.11 Å². The fourth-order valence-corrected chi connectivity index (χ4v) is 1.71. The largest absolute Gasteiger partial charge is 0.481 e. The van der Waals surface area contributed by atoms with Crippen molar-refractivity contribution in [1.29, 1.82) is 0 Å². The van der Waals surface area contributed by atoms with Gasteiger partial charge in [-0.2, -0.15) is 0 Å². The van der Waals surface area contributed by atoms with Crippen LogP contribution in [-0.2, 0) is 11.2 Å². The zero-order valence-corrected chi connectivity index (χ0v) is 10.9. The van der Waals surface area contributed by atoms with Crippen LogP contribution in [0.25, 0.3) is 0 Å². The van der Waals surface area contributed by atoms with Gasteiger partial charge < -0.3 is 5.11 Å². The lowest BCUT2D eigenvalue weighted by Crippen LogP contribution is -2.16. The third-order valence-electron chi connectivity index (χ3n) is 1.86. The zero-order valence-electron chi connectivity index (χ0n) is 9.87. The van der Waals surface area contributed by atoms with Crippen molar-refractivity contribution in [3.63, 3.8) is 0 Å². The Balaban J connectivity index is 2.89. The molecule has 0 amide bonds. The van der Waals surface area contributed by atoms with Crippen molar-refractivity contribution >= 4 is 14.0 Å². The summed E-state index contributed by atoms with van der Waals surface area (Å²) < 4.78 is 0. The minimum atomic E-state index is -1.37. The minimum Gasteiger partial charge on any atom is -0.481 e. The van der Waals surface area contributed by atoms with E-state index in [1.165, 1.54) is 0 Å². The van der Waals surface area contributed by atoms with Gasteiger partial charge in [0.05, 0.1) is 6.42 Å². The number of hydrogen-bond donors (Lipinski definition) is 1. The van der Waals surface area contributed by atoms with Crippen molar-refractivity contribution in [3.05, 3.63) is 35.4 Å². The van der Waals surface area contributed by atoms with Gasteiger partial charge in [-0.15, -0.1) is 5.54 Å². The molecule has 0 aromatic heterocycles. The number of carboxylic acid groups (broad SMARTS) is 1. The molecule has 0 heterocycles. The fourth-order valence-electron chi connectivity index (χ4n) is 1.19. The molecule has 1 aromatic rings. The Bertz CT molecular complexity index is 447. The van der Waals surface area contributed by atoms with Gasteiger partial charge in [-0.1, -0.05) is 37.7 Å². The van der Waals surface area contributed by atoms with Crippen LogP contribution in [0, 0.1) is 11.5 Å². The molecule has 0 fully saturated rings. The topological polar surface area (TPSA) is 37.3 Å². The lowest BCUT2D eigenvalue weighted by molar-refractivity contribution is -0.136. The van der Waals surface area contributed by atoms with Crippen molar-refractivity contribution in [3.8, 4) is 11.5 Å². The van der Waals surface area contributed by atoms with E-state index in [0.29, 0.717) is 0 Å². The van der Waals surface area contributed by atoms with Gasteiger partial charge in [0, 0.05) is 5.56 Å². The summed E-state index contributed by atoms with van der Waals surface area (Å²) in [5.74, 6) is 2.31. The number of hydrogen-bond acceptors (Lipinski definition) is 1. The molecule has 0 aliphatic carbocycles. The third-order valence-corrected chi connectivity index (χ3v) is 2.74. The molecule has 0 unspecified atom stereocenters. The van der Waals surface area contributed by atoms with E-state index < -0.39 is 14.0 Å². The van der Waals surface area contributed by atoms with Crippen LogP contribution < -0.4 is 0 Å². The van der Waals surface area contributed by atoms with Crippen LogP contribution >= 0.6 is 0 Å². The molecule has 0 aliphatic rings. The second-order valence-corrected chi connectivity index (χ2v) is 9.52. The molecule has 0 aliphatic heterocycles. The Labute approximate surface area is 97.3 Å². The summed E-state index contributed by atoms with van der Waals surface area (Å²) in [7, 11) is -1.37. The first kappa shape index (κ1) is 12.5. The first-order chi connectivity index (χ1) is 7.37. The predicted molar refractivity (Wildman–Crippen MR) is 68.0 cm³/mol. The van der Waals surface area contributed by atoms with Crippen molar-refractivity contribution < 1.29 is 9.90 Å². The number of aliphatic carboxylic acids is 1. The average Bonchev–Trinajstić information content (AvgIpc) is 2.13. The number of rotatable bonds is 2. The summed E-state index contributed by atoms with van der Waals surface area (Å²) in [6, 6.07) is 7.43. The molecule has 0 bridgehead atoms. The van der Waals surface area contributed by atoms with E-state index in [0.717, 1.165) is 11.1 Å². The second kappa shape index (κ2) is 5.00. The summed E-state index contributed by atoms with van der Waals surface area (Å²) in [6.45, 7) is 6.54. The normalized spacial score (nSPS) is 10.4. The molecule has 0 saturated heterocycles. The van der Waals surface area contributed by atoms with Gasteiger partial charge in [0.15, 0.2) is 0 Å². The Morgan fingerprint density at radius 1 is 1.38 bits per heavy atom. The van der Waals surface area contributed by atoms with Crippen LogP contribution in [0.15, 0.2) is 24.3 Å². The fraction of sp³-hybridized carbons (Fsp3) is 0.308. The van der Waals surface area contributed by atoms with E-state index in [1.54, 1.807) is 0 Å². The summed E-state index contributed by atoms with van der Waals surface area (Å²) >= 11 is 0. The van der Waals surface area contributed by atoms with Crippen LogP contribution in [0.3, 0.4) is 0 Å². The molecule has 16 heavy (non-hydrogen) atoms. The molecule has 0 radical (unpaired) electrons. The van der Waals surface area contributed by atoms with Crippen LogP contribution in [0.2, 0.25) is 19.6 Å². The van der Waals surface area contributed by atoms with E-state index in [9.17, 15) is 4.79 Å². The molecule has 0 spiro atoms. The Morgan fingerprint density at radius 2 is 2.06 bits per heavy atom. The molecule has 3 heteroatoms. The minimum absolute atomic E-state index is 0.0580. The standard InChI is InChI=1S/C13H16O2Si/c1-16(2,3)8-7-11-5-4-6-12(9-11)10-13(14)15/h4-6,9H,10H2,1-3H3,(H,14,15). The molecule has 0 atom stereocenters. The molecular formula is C13H16O2Si. The van der Waals surface area contributed by atoms with Crippen molar-refractivity contribution in [2.45, 2.75) is 26.1 Å². The van der Waals surface area contributed by atoms with Gasteiger partial charge in [0.2, 0.25) is 0 Å². The summed E-state index contributed by atoms with van der Waals surface area (Å²) in [5, 5.41) is 8.69. The van der Waals surface area contributed by atoms with E-state index in [1.807, 2.05) is 24.3 Å². The maximum absolute atomic E-state index is 10.6. The van der Waals surface area contributed by atoms with Gasteiger partial charge in [-0.25, -0.2) is 0 Å². The van der Waals surface area contributed by atoms with Gasteiger partial charge in [-0.3, -0.25) is 4.79 Å². The monoisotopic (exact) mass is 232 g/mol. The van der Waals surface area contributed by atoms with Crippen molar-refractivity contribution in [2.24, 2.45) is 0 Å². The molecule has 1 N–H and O–H groups in total.